The van der Waals surface area contributed by atoms with E-state index in [1.807, 2.05) is 43.1 Å². The Kier molecular flexibility index (Phi) is 5.49. The zero-order chi connectivity index (χ0) is 12.7. The molecule has 0 aliphatic heterocycles. The number of rotatable bonds is 6. The first kappa shape index (κ1) is 13.5. The summed E-state index contributed by atoms with van der Waals surface area (Å²) >= 11 is 0. The molecule has 4 heteroatoms. The number of amides is 1. The Bertz CT molecular complexity index is 366. The molecule has 0 atom stereocenters. The summed E-state index contributed by atoms with van der Waals surface area (Å²) in [7, 11) is 1.85. The molecule has 1 rings (SSSR count). The highest BCUT2D eigenvalue weighted by Crippen LogP contribution is 2.18. The van der Waals surface area contributed by atoms with Crippen molar-refractivity contribution >= 4 is 11.6 Å². The van der Waals surface area contributed by atoms with Gasteiger partial charge in [-0.3, -0.25) is 4.79 Å². The molecule has 0 bridgehead atoms. The second kappa shape index (κ2) is 6.91. The maximum Gasteiger partial charge on any atom is 0.239 e. The van der Waals surface area contributed by atoms with E-state index in [2.05, 4.69) is 5.32 Å². The minimum Gasteiger partial charge on any atom is -0.392 e. The standard InChI is InChI=1S/C13H20N2O2/c1-3-8-14-13(17)9-15(2)12-7-5-4-6-11(12)10-16/h4-7,16H,3,8-10H2,1-2H3,(H,14,17). The third-order valence-electron chi connectivity index (χ3n) is 2.53. The third kappa shape index (κ3) is 4.07. The van der Waals surface area contributed by atoms with E-state index in [1.165, 1.54) is 0 Å². The van der Waals surface area contributed by atoms with E-state index in [9.17, 15) is 9.90 Å². The summed E-state index contributed by atoms with van der Waals surface area (Å²) in [5, 5.41) is 12.0. The van der Waals surface area contributed by atoms with E-state index in [0.29, 0.717) is 13.1 Å². The van der Waals surface area contributed by atoms with Crippen molar-refractivity contribution < 1.29 is 9.90 Å². The molecule has 0 saturated carbocycles. The van der Waals surface area contributed by atoms with Gasteiger partial charge in [0.25, 0.3) is 0 Å². The van der Waals surface area contributed by atoms with Gasteiger partial charge < -0.3 is 15.3 Å². The van der Waals surface area contributed by atoms with Crippen molar-refractivity contribution in [1.82, 2.24) is 5.32 Å². The molecule has 0 spiro atoms. The number of carbonyl (C=O) groups excluding carboxylic acids is 1. The van der Waals surface area contributed by atoms with Crippen molar-refractivity contribution in [3.8, 4) is 0 Å². The summed E-state index contributed by atoms with van der Waals surface area (Å²) in [6.07, 6.45) is 0.933. The van der Waals surface area contributed by atoms with Crippen LogP contribution in [0.5, 0.6) is 0 Å². The van der Waals surface area contributed by atoms with Crippen LogP contribution in [0.3, 0.4) is 0 Å². The van der Waals surface area contributed by atoms with Crippen LogP contribution >= 0.6 is 0 Å². The molecule has 1 aromatic rings. The second-order valence-electron chi connectivity index (χ2n) is 3.99. The van der Waals surface area contributed by atoms with Gasteiger partial charge in [-0.2, -0.15) is 0 Å². The summed E-state index contributed by atoms with van der Waals surface area (Å²) < 4.78 is 0. The first-order valence-electron chi connectivity index (χ1n) is 5.85. The monoisotopic (exact) mass is 236 g/mol. The number of benzene rings is 1. The van der Waals surface area contributed by atoms with Gasteiger partial charge in [-0.1, -0.05) is 25.1 Å². The zero-order valence-electron chi connectivity index (χ0n) is 10.4. The number of aliphatic hydroxyl groups is 1. The quantitative estimate of drug-likeness (QED) is 0.779. The molecule has 0 aliphatic carbocycles. The van der Waals surface area contributed by atoms with Gasteiger partial charge in [0, 0.05) is 24.8 Å². The molecular weight excluding hydrogens is 216 g/mol. The molecule has 1 aromatic carbocycles. The van der Waals surface area contributed by atoms with E-state index >= 15 is 0 Å². The average Bonchev–Trinajstić information content (AvgIpc) is 2.36. The second-order valence-corrected chi connectivity index (χ2v) is 3.99. The first-order valence-corrected chi connectivity index (χ1v) is 5.85. The SMILES string of the molecule is CCCNC(=O)CN(C)c1ccccc1CO. The van der Waals surface area contributed by atoms with Crippen molar-refractivity contribution in [2.75, 3.05) is 25.0 Å². The minimum atomic E-state index is -0.0168. The van der Waals surface area contributed by atoms with Crippen molar-refractivity contribution in [1.29, 1.82) is 0 Å². The van der Waals surface area contributed by atoms with E-state index in [1.54, 1.807) is 0 Å². The van der Waals surface area contributed by atoms with Gasteiger partial charge in [0.15, 0.2) is 0 Å². The smallest absolute Gasteiger partial charge is 0.239 e. The van der Waals surface area contributed by atoms with Crippen LogP contribution in [0.15, 0.2) is 24.3 Å². The predicted octanol–water partition coefficient (Wildman–Crippen LogP) is 1.14. The van der Waals surface area contributed by atoms with E-state index in [-0.39, 0.29) is 12.5 Å². The molecule has 0 radical (unpaired) electrons. The molecule has 0 aromatic heterocycles. The fourth-order valence-corrected chi connectivity index (χ4v) is 1.64. The maximum absolute atomic E-state index is 11.6. The van der Waals surface area contributed by atoms with E-state index in [0.717, 1.165) is 17.7 Å². The van der Waals surface area contributed by atoms with Crippen molar-refractivity contribution in [2.45, 2.75) is 20.0 Å². The molecule has 94 valence electrons. The highest BCUT2D eigenvalue weighted by atomic mass is 16.3. The minimum absolute atomic E-state index is 0.00194. The van der Waals surface area contributed by atoms with Crippen LogP contribution in [0.2, 0.25) is 0 Å². The number of likely N-dealkylation sites (N-methyl/N-ethyl adjacent to an activating group) is 1. The molecule has 0 heterocycles. The number of carbonyl (C=O) groups is 1. The predicted molar refractivity (Wildman–Crippen MR) is 68.9 cm³/mol. The van der Waals surface area contributed by atoms with Crippen molar-refractivity contribution in [3.63, 3.8) is 0 Å². The normalized spacial score (nSPS) is 10.1. The van der Waals surface area contributed by atoms with Crippen LogP contribution in [-0.4, -0.2) is 31.2 Å². The number of hydrogen-bond donors (Lipinski definition) is 2. The largest absolute Gasteiger partial charge is 0.392 e. The van der Waals surface area contributed by atoms with Crippen molar-refractivity contribution in [2.24, 2.45) is 0 Å². The number of hydrogen-bond acceptors (Lipinski definition) is 3. The van der Waals surface area contributed by atoms with Crippen molar-refractivity contribution in [3.05, 3.63) is 29.8 Å². The summed E-state index contributed by atoms with van der Waals surface area (Å²) in [6.45, 7) is 3.01. The first-order chi connectivity index (χ1) is 8.19. The molecule has 0 fully saturated rings. The Labute approximate surface area is 102 Å². The fraction of sp³-hybridized carbons (Fsp3) is 0.462. The van der Waals surface area contributed by atoms with Crippen LogP contribution in [0.25, 0.3) is 0 Å². The molecule has 0 saturated heterocycles. The molecule has 0 unspecified atom stereocenters. The lowest BCUT2D eigenvalue weighted by Gasteiger charge is -2.21. The highest BCUT2D eigenvalue weighted by molar-refractivity contribution is 5.81. The van der Waals surface area contributed by atoms with Crippen LogP contribution < -0.4 is 10.2 Å². The molecule has 0 aliphatic rings. The molecule has 1 amide bonds. The Morgan fingerprint density at radius 3 is 2.76 bits per heavy atom. The Hall–Kier alpha value is -1.55. The molecule has 4 nitrogen and oxygen atoms in total. The molecule has 2 N–H and O–H groups in total. The Balaban J connectivity index is 2.62. The van der Waals surface area contributed by atoms with E-state index in [4.69, 9.17) is 0 Å². The lowest BCUT2D eigenvalue weighted by molar-refractivity contribution is -0.119. The van der Waals surface area contributed by atoms with Gasteiger partial charge in [0.05, 0.1) is 13.2 Å². The molecular formula is C13H20N2O2. The fourth-order valence-electron chi connectivity index (χ4n) is 1.64. The number of aliphatic hydroxyl groups excluding tert-OH is 1. The Morgan fingerprint density at radius 2 is 2.12 bits per heavy atom. The number of nitrogens with one attached hydrogen (secondary N) is 1. The van der Waals surface area contributed by atoms with Gasteiger partial charge in [-0.25, -0.2) is 0 Å². The maximum atomic E-state index is 11.6. The average molecular weight is 236 g/mol. The molecule has 17 heavy (non-hydrogen) atoms. The zero-order valence-corrected chi connectivity index (χ0v) is 10.4. The Morgan fingerprint density at radius 1 is 1.41 bits per heavy atom. The van der Waals surface area contributed by atoms with Gasteiger partial charge in [0.2, 0.25) is 5.91 Å². The van der Waals surface area contributed by atoms with Crippen LogP contribution in [0.1, 0.15) is 18.9 Å². The lowest BCUT2D eigenvalue weighted by Crippen LogP contribution is -2.35. The van der Waals surface area contributed by atoms with Gasteiger partial charge >= 0.3 is 0 Å². The van der Waals surface area contributed by atoms with E-state index < -0.39 is 0 Å². The van der Waals surface area contributed by atoms with Gasteiger partial charge in [-0.15, -0.1) is 0 Å². The van der Waals surface area contributed by atoms with Crippen LogP contribution in [0, 0.1) is 0 Å². The van der Waals surface area contributed by atoms with Crippen LogP contribution in [0.4, 0.5) is 5.69 Å². The number of nitrogens with zero attached hydrogens (tertiary/aromatic N) is 1. The highest BCUT2D eigenvalue weighted by Gasteiger charge is 2.09. The number of anilines is 1. The number of para-hydroxylation sites is 1. The van der Waals surface area contributed by atoms with Crippen LogP contribution in [-0.2, 0) is 11.4 Å². The lowest BCUT2D eigenvalue weighted by atomic mass is 10.1. The van der Waals surface area contributed by atoms with Gasteiger partial charge in [-0.05, 0) is 12.5 Å². The summed E-state index contributed by atoms with van der Waals surface area (Å²) in [4.78, 5) is 13.4. The van der Waals surface area contributed by atoms with Gasteiger partial charge in [0.1, 0.15) is 0 Å². The summed E-state index contributed by atoms with van der Waals surface area (Å²) in [6, 6.07) is 7.53. The summed E-state index contributed by atoms with van der Waals surface area (Å²) in [5.74, 6) is 0.00194. The third-order valence-corrected chi connectivity index (χ3v) is 2.53. The topological polar surface area (TPSA) is 52.6 Å². The summed E-state index contributed by atoms with van der Waals surface area (Å²) in [5.41, 5.74) is 1.72.